The third-order valence-corrected chi connectivity index (χ3v) is 5.30. The van der Waals surface area contributed by atoms with Crippen LogP contribution < -0.4 is 10.2 Å². The molecule has 0 unspecified atom stereocenters. The van der Waals surface area contributed by atoms with E-state index < -0.39 is 0 Å². The molecule has 2 aliphatic heterocycles. The molecule has 3 heterocycles. The number of aryl methyl sites for hydroxylation is 1. The normalized spacial score (nSPS) is 27.2. The third kappa shape index (κ3) is 4.39. The van der Waals surface area contributed by atoms with Gasteiger partial charge in [-0.05, 0) is 51.7 Å². The summed E-state index contributed by atoms with van der Waals surface area (Å²) >= 11 is 0. The summed E-state index contributed by atoms with van der Waals surface area (Å²) in [6.07, 6.45) is 4.01. The van der Waals surface area contributed by atoms with Crippen LogP contribution in [0.25, 0.3) is 0 Å². The van der Waals surface area contributed by atoms with Crippen molar-refractivity contribution < 1.29 is 9.53 Å². The van der Waals surface area contributed by atoms with Crippen molar-refractivity contribution in [2.75, 3.05) is 38.2 Å². The van der Waals surface area contributed by atoms with Gasteiger partial charge in [0.2, 0.25) is 0 Å². The van der Waals surface area contributed by atoms with Crippen LogP contribution in [0.15, 0.2) is 12.1 Å². The number of aromatic nitrogens is 2. The Kier molecular flexibility index (Phi) is 5.42. The molecule has 1 aromatic rings. The third-order valence-electron chi connectivity index (χ3n) is 5.30. The summed E-state index contributed by atoms with van der Waals surface area (Å²) in [6.45, 7) is 7.18. The van der Waals surface area contributed by atoms with Crippen molar-refractivity contribution in [2.45, 2.75) is 51.2 Å². The molecule has 2 aliphatic rings. The molecule has 2 atom stereocenters. The van der Waals surface area contributed by atoms with Gasteiger partial charge in [-0.3, -0.25) is 0 Å². The minimum atomic E-state index is -0.230. The number of urea groups is 1. The number of nitrogens with zero attached hydrogens (tertiary/aromatic N) is 4. The van der Waals surface area contributed by atoms with Crippen LogP contribution in [0.3, 0.4) is 0 Å². The number of amides is 2. The average Bonchev–Trinajstić information content (AvgIpc) is 2.62. The van der Waals surface area contributed by atoms with Crippen LogP contribution >= 0.6 is 0 Å². The zero-order valence-corrected chi connectivity index (χ0v) is 15.5. The number of hydrogen-bond donors (Lipinski definition) is 1. The highest BCUT2D eigenvalue weighted by Gasteiger charge is 2.34. The largest absolute Gasteiger partial charge is 0.377 e. The van der Waals surface area contributed by atoms with E-state index in [1.807, 2.05) is 24.0 Å². The molecule has 3 rings (SSSR count). The molecule has 2 saturated heterocycles. The molecule has 2 amide bonds. The molecule has 0 saturated carbocycles. The summed E-state index contributed by atoms with van der Waals surface area (Å²) < 4.78 is 5.59. The van der Waals surface area contributed by atoms with Crippen LogP contribution in [-0.2, 0) is 4.74 Å². The van der Waals surface area contributed by atoms with Gasteiger partial charge < -0.3 is 19.9 Å². The van der Waals surface area contributed by atoms with Gasteiger partial charge in [0, 0.05) is 32.8 Å². The minimum absolute atomic E-state index is 0.0183. The van der Waals surface area contributed by atoms with E-state index in [-0.39, 0.29) is 17.7 Å². The topological polar surface area (TPSA) is 70.6 Å². The zero-order chi connectivity index (χ0) is 17.9. The molecule has 0 radical (unpaired) electrons. The van der Waals surface area contributed by atoms with Crippen LogP contribution in [0.1, 0.15) is 38.3 Å². The summed E-state index contributed by atoms with van der Waals surface area (Å²) in [7, 11) is 1.73. The number of ether oxygens (including phenoxy) is 1. The number of methoxy groups -OCH3 is 1. The lowest BCUT2D eigenvalue weighted by atomic mass is 9.95. The van der Waals surface area contributed by atoms with E-state index in [1.54, 1.807) is 7.11 Å². The number of carbonyl (C=O) groups is 1. The molecule has 7 heteroatoms. The van der Waals surface area contributed by atoms with Gasteiger partial charge in [-0.1, -0.05) is 0 Å². The molecule has 138 valence electrons. The Morgan fingerprint density at radius 1 is 1.32 bits per heavy atom. The second kappa shape index (κ2) is 7.56. The van der Waals surface area contributed by atoms with E-state index in [1.165, 1.54) is 0 Å². The lowest BCUT2D eigenvalue weighted by Crippen LogP contribution is -2.56. The summed E-state index contributed by atoms with van der Waals surface area (Å²) in [5.74, 6) is 0.884. The average molecular weight is 347 g/mol. The van der Waals surface area contributed by atoms with Crippen LogP contribution in [0.4, 0.5) is 10.6 Å². The quantitative estimate of drug-likeness (QED) is 0.905. The Balaban J connectivity index is 1.57. The number of likely N-dealkylation sites (tertiary alicyclic amines) is 1. The first-order valence-electron chi connectivity index (χ1n) is 9.15. The van der Waals surface area contributed by atoms with Crippen molar-refractivity contribution in [3.05, 3.63) is 17.8 Å². The highest BCUT2D eigenvalue weighted by molar-refractivity contribution is 5.75. The molecule has 0 aliphatic carbocycles. The van der Waals surface area contributed by atoms with Crippen LogP contribution in [0.5, 0.6) is 0 Å². The molecule has 0 spiro atoms. The van der Waals surface area contributed by atoms with Gasteiger partial charge in [-0.25, -0.2) is 4.79 Å². The Bertz CT molecular complexity index is 594. The van der Waals surface area contributed by atoms with Crippen molar-refractivity contribution in [3.63, 3.8) is 0 Å². The molecule has 1 N–H and O–H groups in total. The Labute approximate surface area is 149 Å². The number of nitrogens with one attached hydrogen (secondary N) is 1. The molecule has 7 nitrogen and oxygen atoms in total. The first-order chi connectivity index (χ1) is 12.0. The van der Waals surface area contributed by atoms with Gasteiger partial charge in [0.05, 0.1) is 17.8 Å². The van der Waals surface area contributed by atoms with Gasteiger partial charge >= 0.3 is 6.03 Å². The van der Waals surface area contributed by atoms with Crippen molar-refractivity contribution in [2.24, 2.45) is 0 Å². The van der Waals surface area contributed by atoms with Gasteiger partial charge in [0.15, 0.2) is 5.82 Å². The molecular formula is C18H29N5O2. The summed E-state index contributed by atoms with van der Waals surface area (Å²) in [4.78, 5) is 16.8. The number of carbonyl (C=O) groups excluding carboxylic acids is 1. The number of piperidine rings is 2. The van der Waals surface area contributed by atoms with Gasteiger partial charge in [-0.15, -0.1) is 5.10 Å². The monoisotopic (exact) mass is 347 g/mol. The van der Waals surface area contributed by atoms with Crippen molar-refractivity contribution in [1.82, 2.24) is 20.4 Å². The predicted molar refractivity (Wildman–Crippen MR) is 96.8 cm³/mol. The first kappa shape index (κ1) is 17.9. The van der Waals surface area contributed by atoms with Gasteiger partial charge in [0.1, 0.15) is 0 Å². The Morgan fingerprint density at radius 3 is 2.88 bits per heavy atom. The number of anilines is 1. The SMILES string of the molecule is CO[C@@]1(C)CCCN(C(=O)N[C@H]2CCCN(c3ccc(C)nn3)C2)C1. The van der Waals surface area contributed by atoms with E-state index in [9.17, 15) is 4.79 Å². The first-order valence-corrected chi connectivity index (χ1v) is 9.15. The maximum absolute atomic E-state index is 12.7. The van der Waals surface area contributed by atoms with Gasteiger partial charge in [-0.2, -0.15) is 5.10 Å². The maximum Gasteiger partial charge on any atom is 0.317 e. The van der Waals surface area contributed by atoms with Crippen molar-refractivity contribution in [1.29, 1.82) is 0 Å². The summed E-state index contributed by atoms with van der Waals surface area (Å²) in [5.41, 5.74) is 0.683. The number of hydrogen-bond acceptors (Lipinski definition) is 5. The van der Waals surface area contributed by atoms with E-state index in [2.05, 4.69) is 27.3 Å². The molecule has 0 bridgehead atoms. The van der Waals surface area contributed by atoms with Crippen LogP contribution in [-0.4, -0.2) is 66.1 Å². The van der Waals surface area contributed by atoms with Crippen molar-refractivity contribution in [3.8, 4) is 0 Å². The predicted octanol–water partition coefficient (Wildman–Crippen LogP) is 1.96. The fourth-order valence-electron chi connectivity index (χ4n) is 3.68. The molecule has 2 fully saturated rings. The molecule has 1 aromatic heterocycles. The van der Waals surface area contributed by atoms with Gasteiger partial charge in [0.25, 0.3) is 0 Å². The molecular weight excluding hydrogens is 318 g/mol. The minimum Gasteiger partial charge on any atom is -0.377 e. The van der Waals surface area contributed by atoms with E-state index in [0.717, 1.165) is 56.8 Å². The maximum atomic E-state index is 12.7. The zero-order valence-electron chi connectivity index (χ0n) is 15.5. The fraction of sp³-hybridized carbons (Fsp3) is 0.722. The van der Waals surface area contributed by atoms with Crippen molar-refractivity contribution >= 4 is 11.8 Å². The molecule has 0 aromatic carbocycles. The summed E-state index contributed by atoms with van der Waals surface area (Å²) in [5, 5.41) is 11.6. The van der Waals surface area contributed by atoms with E-state index in [4.69, 9.17) is 4.74 Å². The highest BCUT2D eigenvalue weighted by Crippen LogP contribution is 2.24. The standard InChI is InChI=1S/C18H29N5O2/c1-14-7-8-16(21-20-14)22-10-4-6-15(12-22)19-17(24)23-11-5-9-18(2,13-23)25-3/h7-8,15H,4-6,9-13H2,1-3H3,(H,19,24)/t15-,18-/m0/s1. The van der Waals surface area contributed by atoms with Crippen LogP contribution in [0, 0.1) is 6.92 Å². The van der Waals surface area contributed by atoms with E-state index in [0.29, 0.717) is 6.54 Å². The Morgan fingerprint density at radius 2 is 2.16 bits per heavy atom. The summed E-state index contributed by atoms with van der Waals surface area (Å²) in [6, 6.07) is 4.13. The second-order valence-corrected chi connectivity index (χ2v) is 7.45. The lowest BCUT2D eigenvalue weighted by molar-refractivity contribution is -0.0403. The fourth-order valence-corrected chi connectivity index (χ4v) is 3.68. The lowest BCUT2D eigenvalue weighted by Gasteiger charge is -2.40. The Hall–Kier alpha value is -1.89. The van der Waals surface area contributed by atoms with E-state index >= 15 is 0 Å². The highest BCUT2D eigenvalue weighted by atomic mass is 16.5. The second-order valence-electron chi connectivity index (χ2n) is 7.45. The number of rotatable bonds is 3. The smallest absolute Gasteiger partial charge is 0.317 e. The van der Waals surface area contributed by atoms with Crippen LogP contribution in [0.2, 0.25) is 0 Å². The molecule has 25 heavy (non-hydrogen) atoms.